The molecule has 1 saturated carbocycles. The summed E-state index contributed by atoms with van der Waals surface area (Å²) < 4.78 is 0. The highest BCUT2D eigenvalue weighted by Crippen LogP contribution is 2.50. The molecule has 1 aliphatic heterocycles. The van der Waals surface area contributed by atoms with Gasteiger partial charge in [-0.2, -0.15) is 0 Å². The van der Waals surface area contributed by atoms with Crippen molar-refractivity contribution in [1.82, 2.24) is 14.8 Å². The monoisotopic (exact) mass is 383 g/mol. The maximum absolute atomic E-state index is 13.3. The third-order valence-corrected chi connectivity index (χ3v) is 6.92. The fraction of sp³-hybridized carbons (Fsp3) is 0.545. The van der Waals surface area contributed by atoms with Crippen molar-refractivity contribution in [2.24, 2.45) is 0 Å². The average molecular weight is 384 g/mol. The van der Waals surface area contributed by atoms with E-state index in [1.165, 1.54) is 27.4 Å². The van der Waals surface area contributed by atoms with E-state index in [2.05, 4.69) is 59.1 Å². The van der Waals surface area contributed by atoms with Gasteiger partial charge in [-0.25, -0.2) is 4.98 Å². The minimum absolute atomic E-state index is 0.246. The first-order chi connectivity index (χ1) is 13.0. The normalized spacial score (nSPS) is 19.3. The highest BCUT2D eigenvalue weighted by atomic mass is 32.1. The van der Waals surface area contributed by atoms with Crippen LogP contribution in [0, 0.1) is 13.8 Å². The lowest BCUT2D eigenvalue weighted by Gasteiger charge is -2.36. The molecule has 1 aromatic heterocycles. The summed E-state index contributed by atoms with van der Waals surface area (Å²) in [5, 5.41) is 3.39. The molecule has 5 heteroatoms. The fourth-order valence-electron chi connectivity index (χ4n) is 4.23. The fourth-order valence-corrected chi connectivity index (χ4v) is 4.96. The van der Waals surface area contributed by atoms with Crippen molar-refractivity contribution in [3.8, 4) is 0 Å². The number of hydrogen-bond acceptors (Lipinski definition) is 4. The second kappa shape index (κ2) is 7.36. The molecule has 0 unspecified atom stereocenters. The molecule has 4 nitrogen and oxygen atoms in total. The number of aryl methyl sites for hydroxylation is 3. The Balaban J connectivity index is 1.38. The molecule has 2 aliphatic rings. The molecule has 1 saturated heterocycles. The van der Waals surface area contributed by atoms with Crippen LogP contribution in [0.1, 0.15) is 47.2 Å². The summed E-state index contributed by atoms with van der Waals surface area (Å²) in [5.41, 5.74) is 4.66. The molecule has 0 spiro atoms. The van der Waals surface area contributed by atoms with Gasteiger partial charge in [-0.1, -0.05) is 36.2 Å². The Labute approximate surface area is 166 Å². The Kier molecular flexibility index (Phi) is 5.08. The van der Waals surface area contributed by atoms with Crippen molar-refractivity contribution in [3.05, 3.63) is 51.0 Å². The second-order valence-corrected chi connectivity index (χ2v) is 9.06. The molecule has 0 bridgehead atoms. The first kappa shape index (κ1) is 18.6. The zero-order chi connectivity index (χ0) is 19.0. The van der Waals surface area contributed by atoms with E-state index < -0.39 is 0 Å². The molecular weight excluding hydrogens is 354 g/mol. The van der Waals surface area contributed by atoms with Crippen LogP contribution in [0.4, 0.5) is 0 Å². The van der Waals surface area contributed by atoms with Crippen molar-refractivity contribution in [2.45, 2.75) is 52.0 Å². The Morgan fingerprint density at radius 2 is 1.78 bits per heavy atom. The predicted octanol–water partition coefficient (Wildman–Crippen LogP) is 3.70. The summed E-state index contributed by atoms with van der Waals surface area (Å²) in [6.07, 6.45) is 2.99. The van der Waals surface area contributed by atoms with E-state index in [-0.39, 0.29) is 5.41 Å². The van der Waals surface area contributed by atoms with E-state index >= 15 is 0 Å². The van der Waals surface area contributed by atoms with Crippen LogP contribution < -0.4 is 0 Å². The van der Waals surface area contributed by atoms with E-state index in [9.17, 15) is 4.79 Å². The van der Waals surface area contributed by atoms with Gasteiger partial charge in [0, 0.05) is 38.1 Å². The number of nitrogens with zero attached hydrogens (tertiary/aromatic N) is 3. The van der Waals surface area contributed by atoms with E-state index in [0.29, 0.717) is 5.91 Å². The van der Waals surface area contributed by atoms with Crippen molar-refractivity contribution in [1.29, 1.82) is 0 Å². The molecule has 1 amide bonds. The Hall–Kier alpha value is -1.72. The van der Waals surface area contributed by atoms with Gasteiger partial charge in [0.25, 0.3) is 0 Å². The lowest BCUT2D eigenvalue weighted by molar-refractivity contribution is -0.135. The minimum atomic E-state index is -0.246. The molecule has 2 fully saturated rings. The van der Waals surface area contributed by atoms with Crippen LogP contribution in [-0.2, 0) is 23.2 Å². The molecule has 0 atom stereocenters. The molecule has 0 N–H and O–H groups in total. The van der Waals surface area contributed by atoms with Gasteiger partial charge in [-0.05, 0) is 38.7 Å². The maximum atomic E-state index is 13.3. The first-order valence-corrected chi connectivity index (χ1v) is 10.9. The summed E-state index contributed by atoms with van der Waals surface area (Å²) in [6, 6.07) is 6.61. The summed E-state index contributed by atoms with van der Waals surface area (Å²) in [7, 11) is 0. The molecule has 1 aliphatic carbocycles. The molecular formula is C22H29N3OS. The lowest BCUT2D eigenvalue weighted by atomic mass is 9.91. The topological polar surface area (TPSA) is 36.4 Å². The minimum Gasteiger partial charge on any atom is -0.339 e. The highest BCUT2D eigenvalue weighted by Gasteiger charge is 2.53. The quantitative estimate of drug-likeness (QED) is 0.790. The number of benzene rings is 1. The summed E-state index contributed by atoms with van der Waals surface area (Å²) >= 11 is 1.75. The summed E-state index contributed by atoms with van der Waals surface area (Å²) in [5.74, 6) is 0.342. The van der Waals surface area contributed by atoms with E-state index in [1.807, 2.05) is 0 Å². The third kappa shape index (κ3) is 3.81. The largest absolute Gasteiger partial charge is 0.339 e. The summed E-state index contributed by atoms with van der Waals surface area (Å²) in [4.78, 5) is 22.5. The molecule has 4 rings (SSSR count). The highest BCUT2D eigenvalue weighted by molar-refractivity contribution is 7.09. The van der Waals surface area contributed by atoms with Crippen LogP contribution in [0.15, 0.2) is 23.6 Å². The Morgan fingerprint density at radius 1 is 1.11 bits per heavy atom. The lowest BCUT2D eigenvalue weighted by Crippen LogP contribution is -2.51. The van der Waals surface area contributed by atoms with Gasteiger partial charge in [0.05, 0.1) is 16.1 Å². The molecule has 0 radical (unpaired) electrons. The van der Waals surface area contributed by atoms with Crippen LogP contribution in [0.5, 0.6) is 0 Å². The van der Waals surface area contributed by atoms with Crippen LogP contribution in [0.25, 0.3) is 0 Å². The summed E-state index contributed by atoms with van der Waals surface area (Å²) in [6.45, 7) is 10.8. The Bertz CT molecular complexity index is 812. The SMILES string of the molecule is CCc1nc(CN2CCN(C(=O)C3(c4cc(C)cc(C)c4)CC3)CC2)cs1. The number of carbonyl (C=O) groups is 1. The van der Waals surface area contributed by atoms with Crippen molar-refractivity contribution in [3.63, 3.8) is 0 Å². The number of rotatable bonds is 5. The predicted molar refractivity (Wildman–Crippen MR) is 110 cm³/mol. The molecule has 27 heavy (non-hydrogen) atoms. The van der Waals surface area contributed by atoms with Gasteiger partial charge >= 0.3 is 0 Å². The smallest absolute Gasteiger partial charge is 0.233 e. The average Bonchev–Trinajstić information content (AvgIpc) is 3.35. The third-order valence-electron chi connectivity index (χ3n) is 5.88. The number of carbonyl (C=O) groups excluding carboxylic acids is 1. The number of thiazole rings is 1. The van der Waals surface area contributed by atoms with Crippen molar-refractivity contribution < 1.29 is 4.79 Å². The molecule has 2 heterocycles. The first-order valence-electron chi connectivity index (χ1n) is 10.0. The van der Waals surface area contributed by atoms with Crippen molar-refractivity contribution in [2.75, 3.05) is 26.2 Å². The zero-order valence-electron chi connectivity index (χ0n) is 16.6. The molecule has 2 aromatic rings. The number of hydrogen-bond donors (Lipinski definition) is 0. The molecule has 1 aromatic carbocycles. The van der Waals surface area contributed by atoms with Gasteiger partial charge in [0.15, 0.2) is 0 Å². The van der Waals surface area contributed by atoms with Gasteiger partial charge in [0.2, 0.25) is 5.91 Å². The van der Waals surface area contributed by atoms with Crippen molar-refractivity contribution >= 4 is 17.2 Å². The Morgan fingerprint density at radius 3 is 2.33 bits per heavy atom. The van der Waals surface area contributed by atoms with Gasteiger partial charge in [-0.15, -0.1) is 11.3 Å². The van der Waals surface area contributed by atoms with Gasteiger partial charge in [-0.3, -0.25) is 9.69 Å². The maximum Gasteiger partial charge on any atom is 0.233 e. The standard InChI is InChI=1S/C22H29N3OS/c1-4-20-23-19(15-27-20)14-24-7-9-25(10-8-24)21(26)22(5-6-22)18-12-16(2)11-17(3)13-18/h11-13,15H,4-10,14H2,1-3H3. The zero-order valence-corrected chi connectivity index (χ0v) is 17.4. The number of piperazine rings is 1. The van der Waals surface area contributed by atoms with E-state index in [0.717, 1.165) is 52.0 Å². The van der Waals surface area contributed by atoms with E-state index in [4.69, 9.17) is 0 Å². The van der Waals surface area contributed by atoms with Crippen LogP contribution >= 0.6 is 11.3 Å². The number of aromatic nitrogens is 1. The number of amides is 1. The van der Waals surface area contributed by atoms with Gasteiger partial charge < -0.3 is 4.90 Å². The second-order valence-electron chi connectivity index (χ2n) is 8.11. The van der Waals surface area contributed by atoms with Crippen LogP contribution in [-0.4, -0.2) is 46.9 Å². The van der Waals surface area contributed by atoms with E-state index in [1.54, 1.807) is 11.3 Å². The molecule has 144 valence electrons. The van der Waals surface area contributed by atoms with Crippen LogP contribution in [0.3, 0.4) is 0 Å². The van der Waals surface area contributed by atoms with Gasteiger partial charge in [0.1, 0.15) is 0 Å². The van der Waals surface area contributed by atoms with Crippen LogP contribution in [0.2, 0.25) is 0 Å².